The second-order valence-electron chi connectivity index (χ2n) is 3.12. The summed E-state index contributed by atoms with van der Waals surface area (Å²) in [5.41, 5.74) is 0. The Morgan fingerprint density at radius 2 is 2.07 bits per heavy atom. The number of carbonyl (C=O) groups is 1. The van der Waals surface area contributed by atoms with E-state index in [4.69, 9.17) is 0 Å². The van der Waals surface area contributed by atoms with Crippen molar-refractivity contribution in [3.8, 4) is 0 Å². The maximum absolute atomic E-state index is 10.8. The number of piperazine rings is 1. The third kappa shape index (κ3) is 4.62. The van der Waals surface area contributed by atoms with Gasteiger partial charge in [-0.2, -0.15) is 0 Å². The zero-order chi connectivity index (χ0) is 10.9. The van der Waals surface area contributed by atoms with Gasteiger partial charge in [0, 0.05) is 32.0 Å². The van der Waals surface area contributed by atoms with E-state index in [0.717, 1.165) is 13.1 Å². The number of carbonyl (C=O) groups excluding carboxylic acids is 1. The van der Waals surface area contributed by atoms with E-state index in [-0.39, 0.29) is 12.0 Å². The number of ether oxygens (including phenoxy) is 1. The topological polar surface area (TPSA) is 66.2 Å². The maximum atomic E-state index is 10.8. The molecule has 5 heteroatoms. The minimum absolute atomic E-state index is 0.154. The van der Waals surface area contributed by atoms with E-state index in [9.17, 15) is 4.79 Å². The predicted octanol–water partition coefficient (Wildman–Crippen LogP) is -0.264. The molecule has 1 aliphatic rings. The Kier molecular flexibility index (Phi) is 5.50. The molecule has 15 heavy (non-hydrogen) atoms. The molecule has 0 radical (unpaired) electrons. The summed E-state index contributed by atoms with van der Waals surface area (Å²) < 4.78 is 4.55. The van der Waals surface area contributed by atoms with Gasteiger partial charge < -0.3 is 20.4 Å². The number of nitrogens with one attached hydrogen (secondary N) is 3. The van der Waals surface area contributed by atoms with Crippen LogP contribution in [0.15, 0.2) is 24.5 Å². The first-order chi connectivity index (χ1) is 7.34. The monoisotopic (exact) mass is 211 g/mol. The molecule has 1 saturated heterocycles. The lowest BCUT2D eigenvalue weighted by Gasteiger charge is -2.21. The molecule has 0 amide bonds. The van der Waals surface area contributed by atoms with Gasteiger partial charge in [0.05, 0.1) is 7.11 Å². The van der Waals surface area contributed by atoms with Crippen LogP contribution >= 0.6 is 0 Å². The molecule has 1 atom stereocenters. The molecule has 84 valence electrons. The summed E-state index contributed by atoms with van der Waals surface area (Å²) in [7, 11) is 1.40. The molecule has 0 aliphatic carbocycles. The van der Waals surface area contributed by atoms with E-state index < -0.39 is 0 Å². The molecule has 1 aromatic heterocycles. The normalized spacial score (nSPS) is 19.9. The van der Waals surface area contributed by atoms with Gasteiger partial charge in [0.25, 0.3) is 0 Å². The second-order valence-corrected chi connectivity index (χ2v) is 3.12. The van der Waals surface area contributed by atoms with Crippen molar-refractivity contribution in [2.75, 3.05) is 26.7 Å². The largest absolute Gasteiger partial charge is 0.468 e. The summed E-state index contributed by atoms with van der Waals surface area (Å²) in [5.74, 6) is -0.188. The van der Waals surface area contributed by atoms with E-state index in [0.29, 0.717) is 6.54 Å². The molecule has 2 rings (SSSR count). The molecule has 0 spiro atoms. The Labute approximate surface area is 89.2 Å². The lowest BCUT2D eigenvalue weighted by molar-refractivity contribution is -0.143. The summed E-state index contributed by atoms with van der Waals surface area (Å²) in [4.78, 5) is 13.7. The number of methoxy groups -OCH3 is 1. The second kappa shape index (κ2) is 7.03. The van der Waals surface area contributed by atoms with Crippen LogP contribution in [0.5, 0.6) is 0 Å². The fraction of sp³-hybridized carbons (Fsp3) is 0.500. The molecule has 0 bridgehead atoms. The fourth-order valence-electron chi connectivity index (χ4n) is 1.24. The van der Waals surface area contributed by atoms with Crippen LogP contribution in [0.4, 0.5) is 0 Å². The highest BCUT2D eigenvalue weighted by Crippen LogP contribution is 1.88. The number of H-pyrrole nitrogens is 1. The fourth-order valence-corrected chi connectivity index (χ4v) is 1.24. The van der Waals surface area contributed by atoms with Gasteiger partial charge >= 0.3 is 5.97 Å². The smallest absolute Gasteiger partial charge is 0.324 e. The zero-order valence-electron chi connectivity index (χ0n) is 8.82. The highest BCUT2D eigenvalue weighted by atomic mass is 16.5. The third-order valence-corrected chi connectivity index (χ3v) is 2.02. The highest BCUT2D eigenvalue weighted by Gasteiger charge is 2.19. The van der Waals surface area contributed by atoms with Gasteiger partial charge in [-0.15, -0.1) is 0 Å². The van der Waals surface area contributed by atoms with Crippen molar-refractivity contribution < 1.29 is 9.53 Å². The van der Waals surface area contributed by atoms with Crippen LogP contribution in [0.2, 0.25) is 0 Å². The van der Waals surface area contributed by atoms with Crippen molar-refractivity contribution in [3.63, 3.8) is 0 Å². The average molecular weight is 211 g/mol. The lowest BCUT2D eigenvalue weighted by Crippen LogP contribution is -2.52. The van der Waals surface area contributed by atoms with E-state index in [2.05, 4.69) is 20.4 Å². The molecule has 1 unspecified atom stereocenters. The quantitative estimate of drug-likeness (QED) is 0.560. The van der Waals surface area contributed by atoms with Gasteiger partial charge in [0.1, 0.15) is 6.04 Å². The molecule has 1 aromatic rings. The van der Waals surface area contributed by atoms with E-state index in [1.807, 2.05) is 24.5 Å². The van der Waals surface area contributed by atoms with Gasteiger partial charge in [-0.05, 0) is 12.1 Å². The number of aromatic nitrogens is 1. The van der Waals surface area contributed by atoms with Crippen LogP contribution in [-0.2, 0) is 9.53 Å². The molecular formula is C10H17N3O2. The van der Waals surface area contributed by atoms with Gasteiger partial charge in [-0.25, -0.2) is 0 Å². The summed E-state index contributed by atoms with van der Waals surface area (Å²) in [6, 6.07) is 3.73. The van der Waals surface area contributed by atoms with Gasteiger partial charge in [-0.1, -0.05) is 0 Å². The molecule has 1 fully saturated rings. The van der Waals surface area contributed by atoms with Crippen molar-refractivity contribution in [1.82, 2.24) is 15.6 Å². The Morgan fingerprint density at radius 3 is 2.47 bits per heavy atom. The standard InChI is InChI=1S/C6H12N2O2.C4H5N/c1-10-6(9)5-4-7-2-3-8-5;1-2-4-5-3-1/h5,7-8H,2-4H2,1H3;1-5H. The Morgan fingerprint density at radius 1 is 1.33 bits per heavy atom. The van der Waals surface area contributed by atoms with Crippen LogP contribution < -0.4 is 10.6 Å². The summed E-state index contributed by atoms with van der Waals surface area (Å²) >= 11 is 0. The minimum Gasteiger partial charge on any atom is -0.468 e. The first-order valence-electron chi connectivity index (χ1n) is 4.94. The SMILES string of the molecule is COC(=O)C1CNCCN1.c1cc[nH]c1. The first kappa shape index (κ1) is 11.7. The van der Waals surface area contributed by atoms with Crippen LogP contribution in [0.3, 0.4) is 0 Å². The zero-order valence-corrected chi connectivity index (χ0v) is 8.82. The first-order valence-corrected chi connectivity index (χ1v) is 4.94. The van der Waals surface area contributed by atoms with Gasteiger partial charge in [0.15, 0.2) is 0 Å². The van der Waals surface area contributed by atoms with Crippen LogP contribution in [-0.4, -0.2) is 43.7 Å². The Hall–Kier alpha value is -1.33. The Bertz CT molecular complexity index is 238. The molecular weight excluding hydrogens is 194 g/mol. The maximum Gasteiger partial charge on any atom is 0.324 e. The number of rotatable bonds is 1. The third-order valence-electron chi connectivity index (χ3n) is 2.02. The van der Waals surface area contributed by atoms with Crippen molar-refractivity contribution in [3.05, 3.63) is 24.5 Å². The van der Waals surface area contributed by atoms with E-state index >= 15 is 0 Å². The number of hydrogen-bond acceptors (Lipinski definition) is 4. The van der Waals surface area contributed by atoms with Crippen LogP contribution in [0, 0.1) is 0 Å². The van der Waals surface area contributed by atoms with Crippen LogP contribution in [0.25, 0.3) is 0 Å². The molecule has 1 aliphatic heterocycles. The molecule has 0 aromatic carbocycles. The van der Waals surface area contributed by atoms with Gasteiger partial charge in [-0.3, -0.25) is 4.79 Å². The van der Waals surface area contributed by atoms with Crippen molar-refractivity contribution in [1.29, 1.82) is 0 Å². The molecule has 2 heterocycles. The number of hydrogen-bond donors (Lipinski definition) is 3. The lowest BCUT2D eigenvalue weighted by atomic mass is 10.2. The van der Waals surface area contributed by atoms with Gasteiger partial charge in [0.2, 0.25) is 0 Å². The van der Waals surface area contributed by atoms with E-state index in [1.54, 1.807) is 0 Å². The number of esters is 1. The minimum atomic E-state index is -0.188. The van der Waals surface area contributed by atoms with E-state index in [1.165, 1.54) is 7.11 Å². The van der Waals surface area contributed by atoms with Crippen molar-refractivity contribution >= 4 is 5.97 Å². The predicted molar refractivity (Wildman–Crippen MR) is 57.5 cm³/mol. The Balaban J connectivity index is 0.000000187. The van der Waals surface area contributed by atoms with Crippen molar-refractivity contribution in [2.24, 2.45) is 0 Å². The molecule has 3 N–H and O–H groups in total. The average Bonchev–Trinajstić information content (AvgIpc) is 2.88. The van der Waals surface area contributed by atoms with Crippen LogP contribution in [0.1, 0.15) is 0 Å². The summed E-state index contributed by atoms with van der Waals surface area (Å²) in [6.07, 6.45) is 3.75. The summed E-state index contributed by atoms with van der Waals surface area (Å²) in [5, 5.41) is 6.12. The highest BCUT2D eigenvalue weighted by molar-refractivity contribution is 5.76. The molecule has 5 nitrogen and oxygen atoms in total. The van der Waals surface area contributed by atoms with Crippen molar-refractivity contribution in [2.45, 2.75) is 6.04 Å². The summed E-state index contributed by atoms with van der Waals surface area (Å²) in [6.45, 7) is 2.43. The molecule has 0 saturated carbocycles. The number of aromatic amines is 1.